The Morgan fingerprint density at radius 1 is 1.50 bits per heavy atom. The summed E-state index contributed by atoms with van der Waals surface area (Å²) in [6.45, 7) is 4.82. The first-order valence-electron chi connectivity index (χ1n) is 4.76. The van der Waals surface area contributed by atoms with Gasteiger partial charge in [0.1, 0.15) is 0 Å². The predicted molar refractivity (Wildman–Crippen MR) is 61.1 cm³/mol. The van der Waals surface area contributed by atoms with Gasteiger partial charge in [0.2, 0.25) is 0 Å². The zero-order chi connectivity index (χ0) is 10.7. The van der Waals surface area contributed by atoms with E-state index in [0.29, 0.717) is 0 Å². The zero-order valence-corrected chi connectivity index (χ0v) is 10.0. The van der Waals surface area contributed by atoms with Crippen molar-refractivity contribution < 1.29 is 4.79 Å². The van der Waals surface area contributed by atoms with E-state index in [0.717, 1.165) is 11.4 Å². The maximum absolute atomic E-state index is 11.9. The highest BCUT2D eigenvalue weighted by molar-refractivity contribution is 7.14. The fraction of sp³-hybridized carbons (Fsp3) is 0.545. The van der Waals surface area contributed by atoms with Crippen molar-refractivity contribution in [1.29, 1.82) is 0 Å². The molecule has 0 saturated heterocycles. The summed E-state index contributed by atoms with van der Waals surface area (Å²) in [4.78, 5) is 16.0. The van der Waals surface area contributed by atoms with Gasteiger partial charge >= 0.3 is 0 Å². The van der Waals surface area contributed by atoms with Crippen LogP contribution in [0.4, 0.5) is 0 Å². The lowest BCUT2D eigenvalue weighted by Crippen LogP contribution is -2.25. The number of aryl methyl sites for hydroxylation is 1. The quantitative estimate of drug-likeness (QED) is 0.713. The Morgan fingerprint density at radius 3 is 2.57 bits per heavy atom. The third kappa shape index (κ3) is 2.93. The summed E-state index contributed by atoms with van der Waals surface area (Å²) >= 11 is 1.58. The van der Waals surface area contributed by atoms with Crippen molar-refractivity contribution in [2.24, 2.45) is 5.92 Å². The lowest BCUT2D eigenvalue weighted by atomic mass is 10.1. The van der Waals surface area contributed by atoms with Gasteiger partial charge in [-0.3, -0.25) is 4.79 Å². The van der Waals surface area contributed by atoms with E-state index in [1.54, 1.807) is 11.3 Å². The minimum atomic E-state index is 0.0862. The van der Waals surface area contributed by atoms with Crippen LogP contribution in [-0.4, -0.2) is 31.3 Å². The molecule has 0 aromatic carbocycles. The molecule has 1 rings (SSSR count). The molecule has 0 amide bonds. The Morgan fingerprint density at radius 2 is 2.14 bits per heavy atom. The summed E-state index contributed by atoms with van der Waals surface area (Å²) in [6.07, 6.45) is 0. The molecule has 0 fully saturated rings. The fourth-order valence-corrected chi connectivity index (χ4v) is 2.36. The molecule has 1 aromatic rings. The van der Waals surface area contributed by atoms with E-state index in [1.165, 1.54) is 4.88 Å². The SMILES string of the molecule is Cc1ccc(C(=O)C(C)CN(C)C)s1. The molecule has 0 radical (unpaired) electrons. The molecule has 0 aliphatic carbocycles. The number of hydrogen-bond donors (Lipinski definition) is 0. The average Bonchev–Trinajstić information content (AvgIpc) is 2.49. The number of nitrogens with zero attached hydrogens (tertiary/aromatic N) is 1. The Labute approximate surface area is 89.5 Å². The standard InChI is InChI=1S/C11H17NOS/c1-8(7-12(3)4)11(13)10-6-5-9(2)14-10/h5-6,8H,7H2,1-4H3. The maximum Gasteiger partial charge on any atom is 0.176 e. The molecule has 0 saturated carbocycles. The largest absolute Gasteiger partial charge is 0.309 e. The molecule has 0 aliphatic rings. The van der Waals surface area contributed by atoms with Gasteiger partial charge < -0.3 is 4.90 Å². The molecule has 0 aliphatic heterocycles. The Hall–Kier alpha value is -0.670. The number of ketones is 1. The second-order valence-corrected chi connectivity index (χ2v) is 5.23. The van der Waals surface area contributed by atoms with Crippen LogP contribution < -0.4 is 0 Å². The summed E-state index contributed by atoms with van der Waals surface area (Å²) in [6, 6.07) is 3.93. The van der Waals surface area contributed by atoms with Crippen molar-refractivity contribution in [1.82, 2.24) is 4.90 Å². The molecule has 0 bridgehead atoms. The van der Waals surface area contributed by atoms with Crippen molar-refractivity contribution in [3.63, 3.8) is 0 Å². The molecule has 1 heterocycles. The second-order valence-electron chi connectivity index (χ2n) is 3.94. The van der Waals surface area contributed by atoms with Crippen LogP contribution >= 0.6 is 11.3 Å². The lowest BCUT2D eigenvalue weighted by molar-refractivity contribution is 0.0914. The number of carbonyl (C=O) groups is 1. The van der Waals surface area contributed by atoms with Gasteiger partial charge in [-0.05, 0) is 33.2 Å². The third-order valence-corrected chi connectivity index (χ3v) is 3.09. The monoisotopic (exact) mass is 211 g/mol. The average molecular weight is 211 g/mol. The molecule has 1 aromatic heterocycles. The van der Waals surface area contributed by atoms with E-state index in [9.17, 15) is 4.79 Å². The first-order valence-corrected chi connectivity index (χ1v) is 5.57. The van der Waals surface area contributed by atoms with Crippen LogP contribution in [-0.2, 0) is 0 Å². The van der Waals surface area contributed by atoms with Crippen LogP contribution in [0.5, 0.6) is 0 Å². The molecule has 78 valence electrons. The summed E-state index contributed by atoms with van der Waals surface area (Å²) < 4.78 is 0. The van der Waals surface area contributed by atoms with Crippen LogP contribution in [0.15, 0.2) is 12.1 Å². The predicted octanol–water partition coefficient (Wildman–Crippen LogP) is 2.44. The van der Waals surface area contributed by atoms with Crippen LogP contribution in [0, 0.1) is 12.8 Å². The van der Waals surface area contributed by atoms with Gasteiger partial charge in [-0.25, -0.2) is 0 Å². The zero-order valence-electron chi connectivity index (χ0n) is 9.20. The van der Waals surface area contributed by atoms with Gasteiger partial charge in [0.05, 0.1) is 4.88 Å². The molecule has 3 heteroatoms. The Balaban J connectivity index is 2.65. The van der Waals surface area contributed by atoms with Gasteiger partial charge in [0.25, 0.3) is 0 Å². The number of rotatable bonds is 4. The fourth-order valence-electron chi connectivity index (χ4n) is 1.44. The molecule has 2 nitrogen and oxygen atoms in total. The van der Waals surface area contributed by atoms with E-state index in [1.807, 2.05) is 45.0 Å². The van der Waals surface area contributed by atoms with Crippen LogP contribution in [0.3, 0.4) is 0 Å². The van der Waals surface area contributed by atoms with E-state index < -0.39 is 0 Å². The van der Waals surface area contributed by atoms with Crippen molar-refractivity contribution in [2.45, 2.75) is 13.8 Å². The van der Waals surface area contributed by atoms with Crippen LogP contribution in [0.2, 0.25) is 0 Å². The van der Waals surface area contributed by atoms with Gasteiger partial charge in [-0.15, -0.1) is 11.3 Å². The lowest BCUT2D eigenvalue weighted by Gasteiger charge is -2.14. The summed E-state index contributed by atoms with van der Waals surface area (Å²) in [7, 11) is 3.98. The summed E-state index contributed by atoms with van der Waals surface area (Å²) in [5.41, 5.74) is 0. The van der Waals surface area contributed by atoms with Crippen molar-refractivity contribution in [3.8, 4) is 0 Å². The molecular formula is C11H17NOS. The van der Waals surface area contributed by atoms with E-state index >= 15 is 0 Å². The topological polar surface area (TPSA) is 20.3 Å². The van der Waals surface area contributed by atoms with Crippen LogP contribution in [0.1, 0.15) is 21.5 Å². The summed E-state index contributed by atoms with van der Waals surface area (Å²) in [5.74, 6) is 0.347. The van der Waals surface area contributed by atoms with Crippen molar-refractivity contribution >= 4 is 17.1 Å². The van der Waals surface area contributed by atoms with Gasteiger partial charge in [-0.1, -0.05) is 6.92 Å². The molecular weight excluding hydrogens is 194 g/mol. The smallest absolute Gasteiger partial charge is 0.176 e. The molecule has 1 unspecified atom stereocenters. The van der Waals surface area contributed by atoms with E-state index in [2.05, 4.69) is 0 Å². The molecule has 1 atom stereocenters. The highest BCUT2D eigenvalue weighted by Crippen LogP contribution is 2.19. The summed E-state index contributed by atoms with van der Waals surface area (Å²) in [5, 5.41) is 0. The van der Waals surface area contributed by atoms with Gasteiger partial charge in [-0.2, -0.15) is 0 Å². The normalized spacial score (nSPS) is 13.2. The first kappa shape index (κ1) is 11.4. The highest BCUT2D eigenvalue weighted by atomic mass is 32.1. The number of thiophene rings is 1. The Kier molecular flexibility index (Phi) is 3.84. The van der Waals surface area contributed by atoms with Crippen molar-refractivity contribution in [3.05, 3.63) is 21.9 Å². The number of hydrogen-bond acceptors (Lipinski definition) is 3. The van der Waals surface area contributed by atoms with Crippen LogP contribution in [0.25, 0.3) is 0 Å². The molecule has 14 heavy (non-hydrogen) atoms. The first-order chi connectivity index (χ1) is 6.50. The number of carbonyl (C=O) groups excluding carboxylic acids is 1. The maximum atomic E-state index is 11.9. The third-order valence-electron chi connectivity index (χ3n) is 2.07. The van der Waals surface area contributed by atoms with Crippen molar-refractivity contribution in [2.75, 3.05) is 20.6 Å². The molecule has 0 spiro atoms. The van der Waals surface area contributed by atoms with E-state index in [-0.39, 0.29) is 11.7 Å². The second kappa shape index (κ2) is 4.71. The Bertz CT molecular complexity index is 317. The van der Waals surface area contributed by atoms with Gasteiger partial charge in [0.15, 0.2) is 5.78 Å². The van der Waals surface area contributed by atoms with E-state index in [4.69, 9.17) is 0 Å². The minimum absolute atomic E-state index is 0.0862. The van der Waals surface area contributed by atoms with Gasteiger partial charge in [0, 0.05) is 17.3 Å². The number of Topliss-reactive ketones (excluding diaryl/α,β-unsaturated/α-hetero) is 1. The molecule has 0 N–H and O–H groups in total. The minimum Gasteiger partial charge on any atom is -0.309 e. The highest BCUT2D eigenvalue weighted by Gasteiger charge is 2.16.